The maximum atomic E-state index is 14.9. The summed E-state index contributed by atoms with van der Waals surface area (Å²) >= 11 is 0. The molecule has 0 unspecified atom stereocenters. The fraction of sp³-hybridized carbons (Fsp3) is 0.387. The van der Waals surface area contributed by atoms with Crippen molar-refractivity contribution in [3.05, 3.63) is 76.6 Å². The van der Waals surface area contributed by atoms with Gasteiger partial charge in [0.05, 0.1) is 25.4 Å². The molecular weight excluding hydrogens is 535 g/mol. The minimum absolute atomic E-state index is 0.000691. The Bertz CT molecular complexity index is 1480. The van der Waals surface area contributed by atoms with E-state index < -0.39 is 15.8 Å². The average Bonchev–Trinajstić information content (AvgIpc) is 3.32. The topological polar surface area (TPSA) is 99.1 Å². The Morgan fingerprint density at radius 3 is 2.50 bits per heavy atom. The fourth-order valence-corrected chi connectivity index (χ4v) is 5.68. The number of hydrogen-bond donors (Lipinski definition) is 1. The molecule has 3 aromatic carbocycles. The Labute approximate surface area is 234 Å². The second-order valence-electron chi connectivity index (χ2n) is 9.96. The molecule has 4 rings (SSSR count). The van der Waals surface area contributed by atoms with Crippen LogP contribution in [0.3, 0.4) is 0 Å². The first kappa shape index (κ1) is 29.4. The molecule has 0 saturated carbocycles. The van der Waals surface area contributed by atoms with Crippen LogP contribution in [0, 0.1) is 12.7 Å². The number of rotatable bonds is 13. The summed E-state index contributed by atoms with van der Waals surface area (Å²) in [6, 6.07) is 14.3. The molecule has 1 heterocycles. The van der Waals surface area contributed by atoms with Gasteiger partial charge >= 0.3 is 5.97 Å². The van der Waals surface area contributed by atoms with Crippen LogP contribution in [0.25, 0.3) is 11.1 Å². The van der Waals surface area contributed by atoms with E-state index in [1.807, 2.05) is 44.2 Å². The smallest absolute Gasteiger partial charge is 0.304 e. The van der Waals surface area contributed by atoms with Gasteiger partial charge in [-0.05, 0) is 72.4 Å². The van der Waals surface area contributed by atoms with Crippen molar-refractivity contribution >= 4 is 15.8 Å². The lowest BCUT2D eigenvalue weighted by molar-refractivity contribution is -0.137. The molecule has 1 N–H and O–H groups in total. The summed E-state index contributed by atoms with van der Waals surface area (Å²) in [5.41, 5.74) is 4.94. The first-order valence-corrected chi connectivity index (χ1v) is 15.3. The van der Waals surface area contributed by atoms with Crippen molar-refractivity contribution in [2.24, 2.45) is 0 Å². The number of sulfone groups is 1. The molecule has 0 radical (unpaired) electrons. The van der Waals surface area contributed by atoms with Crippen molar-refractivity contribution in [2.75, 3.05) is 24.7 Å². The number of carboxylic acid groups (broad SMARTS) is 1. The third-order valence-corrected chi connectivity index (χ3v) is 8.92. The highest BCUT2D eigenvalue weighted by atomic mass is 32.2. The third kappa shape index (κ3) is 7.13. The van der Waals surface area contributed by atoms with E-state index in [9.17, 15) is 17.6 Å². The number of hydrogen-bond acceptors (Lipinski definition) is 6. The van der Waals surface area contributed by atoms with Gasteiger partial charge in [0, 0.05) is 28.9 Å². The minimum atomic E-state index is -3.02. The Morgan fingerprint density at radius 1 is 1.02 bits per heavy atom. The van der Waals surface area contributed by atoms with Gasteiger partial charge in [0.2, 0.25) is 0 Å². The average molecular weight is 571 g/mol. The van der Waals surface area contributed by atoms with Gasteiger partial charge in [-0.3, -0.25) is 4.79 Å². The molecule has 0 aromatic heterocycles. The van der Waals surface area contributed by atoms with Crippen molar-refractivity contribution in [3.8, 4) is 28.4 Å². The molecule has 3 aromatic rings. The van der Waals surface area contributed by atoms with E-state index in [4.69, 9.17) is 19.3 Å². The molecule has 214 valence electrons. The van der Waals surface area contributed by atoms with Gasteiger partial charge in [-0.25, -0.2) is 12.8 Å². The van der Waals surface area contributed by atoms with Crippen LogP contribution in [0.15, 0.2) is 48.5 Å². The van der Waals surface area contributed by atoms with Gasteiger partial charge in [0.25, 0.3) is 0 Å². The van der Waals surface area contributed by atoms with E-state index in [2.05, 4.69) is 0 Å². The number of benzene rings is 3. The second kappa shape index (κ2) is 12.7. The molecule has 1 aliphatic heterocycles. The molecule has 0 bridgehead atoms. The molecule has 0 aliphatic carbocycles. The number of aryl methyl sites for hydroxylation is 2. The van der Waals surface area contributed by atoms with Gasteiger partial charge in [-0.1, -0.05) is 26.0 Å². The minimum Gasteiger partial charge on any atom is -0.494 e. The lowest BCUT2D eigenvalue weighted by Gasteiger charge is -2.16. The summed E-state index contributed by atoms with van der Waals surface area (Å²) in [5.74, 6) is 0.576. The fourth-order valence-electron chi connectivity index (χ4n) is 4.83. The van der Waals surface area contributed by atoms with Crippen LogP contribution in [-0.4, -0.2) is 44.2 Å². The molecule has 0 spiro atoms. The van der Waals surface area contributed by atoms with Gasteiger partial charge in [0.15, 0.2) is 0 Å². The largest absolute Gasteiger partial charge is 0.494 e. The quantitative estimate of drug-likeness (QED) is 0.248. The maximum absolute atomic E-state index is 14.9. The van der Waals surface area contributed by atoms with Crippen LogP contribution >= 0.6 is 0 Å². The van der Waals surface area contributed by atoms with Crippen LogP contribution in [0.4, 0.5) is 4.39 Å². The van der Waals surface area contributed by atoms with Gasteiger partial charge in [-0.15, -0.1) is 0 Å². The summed E-state index contributed by atoms with van der Waals surface area (Å²) in [6.45, 7) is 6.18. The van der Waals surface area contributed by atoms with E-state index in [1.54, 1.807) is 19.1 Å². The normalized spacial score (nSPS) is 14.4. The predicted molar refractivity (Wildman–Crippen MR) is 152 cm³/mol. The monoisotopic (exact) mass is 570 g/mol. The van der Waals surface area contributed by atoms with Crippen molar-refractivity contribution in [1.29, 1.82) is 0 Å². The van der Waals surface area contributed by atoms with Crippen molar-refractivity contribution in [2.45, 2.75) is 52.6 Å². The Hall–Kier alpha value is -3.59. The summed E-state index contributed by atoms with van der Waals surface area (Å²) in [4.78, 5) is 11.1. The van der Waals surface area contributed by atoms with Crippen LogP contribution in [-0.2, 0) is 27.7 Å². The molecule has 40 heavy (non-hydrogen) atoms. The van der Waals surface area contributed by atoms with Crippen molar-refractivity contribution < 1.29 is 36.9 Å². The molecule has 1 atom stereocenters. The van der Waals surface area contributed by atoms with Crippen LogP contribution in [0.5, 0.6) is 17.2 Å². The SMILES string of the molecule is CCc1cc(OCCCS(=O)(=O)CC)ccc1-c1cc(COc2ccc3c(c2)OC[C@H]3CC(=O)O)c(F)cc1C. The highest BCUT2D eigenvalue weighted by Crippen LogP contribution is 2.39. The highest BCUT2D eigenvalue weighted by Gasteiger charge is 2.26. The molecule has 0 fully saturated rings. The van der Waals surface area contributed by atoms with E-state index in [0.29, 0.717) is 42.4 Å². The molecule has 0 saturated heterocycles. The van der Waals surface area contributed by atoms with Gasteiger partial charge in [-0.2, -0.15) is 0 Å². The van der Waals surface area contributed by atoms with Crippen LogP contribution < -0.4 is 14.2 Å². The number of fused-ring (bicyclic) bond motifs is 1. The lowest BCUT2D eigenvalue weighted by atomic mass is 9.93. The van der Waals surface area contributed by atoms with Gasteiger partial charge in [0.1, 0.15) is 39.5 Å². The predicted octanol–water partition coefficient (Wildman–Crippen LogP) is 6.10. The number of halogens is 1. The summed E-state index contributed by atoms with van der Waals surface area (Å²) in [7, 11) is -3.02. The van der Waals surface area contributed by atoms with E-state index in [0.717, 1.165) is 34.2 Å². The number of carbonyl (C=O) groups is 1. The standard InChI is InChI=1S/C31H35FO7S/c1-4-21-14-24(37-11-6-12-40(35,36)5-2)7-9-26(21)28-15-23(29(32)13-20(28)3)19-38-25-8-10-27-22(16-31(33)34)18-39-30(27)17-25/h7-10,13-15,17,22H,4-6,11-12,16,18-19H2,1-3H3,(H,33,34)/t22-/m1/s1. The molecule has 9 heteroatoms. The number of carboxylic acids is 1. The van der Waals surface area contributed by atoms with Crippen LogP contribution in [0.1, 0.15) is 54.9 Å². The van der Waals surface area contributed by atoms with Crippen molar-refractivity contribution in [3.63, 3.8) is 0 Å². The van der Waals surface area contributed by atoms with Gasteiger partial charge < -0.3 is 19.3 Å². The molecule has 0 amide bonds. The second-order valence-corrected chi connectivity index (χ2v) is 12.4. The van der Waals surface area contributed by atoms with E-state index >= 15 is 0 Å². The summed E-state index contributed by atoms with van der Waals surface area (Å²) in [5, 5.41) is 9.10. The summed E-state index contributed by atoms with van der Waals surface area (Å²) in [6.07, 6.45) is 1.16. The number of ether oxygens (including phenoxy) is 3. The zero-order valence-corrected chi connectivity index (χ0v) is 23.9. The molecule has 1 aliphatic rings. The van der Waals surface area contributed by atoms with E-state index in [-0.39, 0.29) is 36.3 Å². The van der Waals surface area contributed by atoms with Crippen molar-refractivity contribution in [1.82, 2.24) is 0 Å². The Balaban J connectivity index is 1.47. The zero-order chi connectivity index (χ0) is 28.9. The Kier molecular flexibility index (Phi) is 9.35. The molecular formula is C31H35FO7S. The first-order valence-electron chi connectivity index (χ1n) is 13.5. The number of aliphatic carboxylic acids is 1. The zero-order valence-electron chi connectivity index (χ0n) is 23.0. The molecule has 7 nitrogen and oxygen atoms in total. The summed E-state index contributed by atoms with van der Waals surface area (Å²) < 4.78 is 55.7. The van der Waals surface area contributed by atoms with E-state index in [1.165, 1.54) is 6.07 Å². The first-order chi connectivity index (χ1) is 19.1. The third-order valence-electron chi connectivity index (χ3n) is 7.13. The maximum Gasteiger partial charge on any atom is 0.304 e. The Morgan fingerprint density at radius 2 is 1.77 bits per heavy atom. The highest BCUT2D eigenvalue weighted by molar-refractivity contribution is 7.91. The van der Waals surface area contributed by atoms with Crippen LogP contribution in [0.2, 0.25) is 0 Å². The lowest BCUT2D eigenvalue weighted by Crippen LogP contribution is -2.11.